The van der Waals surface area contributed by atoms with Gasteiger partial charge in [0.1, 0.15) is 11.6 Å². The van der Waals surface area contributed by atoms with Gasteiger partial charge in [-0.25, -0.2) is 8.78 Å². The van der Waals surface area contributed by atoms with Gasteiger partial charge in [-0.05, 0) is 57.0 Å². The molecule has 0 saturated carbocycles. The molecule has 0 spiro atoms. The van der Waals surface area contributed by atoms with E-state index in [1.54, 1.807) is 6.92 Å². The average Bonchev–Trinajstić information content (AvgIpc) is 2.71. The van der Waals surface area contributed by atoms with Crippen molar-refractivity contribution in [2.45, 2.75) is 38.8 Å². The van der Waals surface area contributed by atoms with Gasteiger partial charge in [0.25, 0.3) is 0 Å². The number of nitrogens with one attached hydrogen (secondary N) is 1. The van der Waals surface area contributed by atoms with Gasteiger partial charge < -0.3 is 10.2 Å². The first kappa shape index (κ1) is 20.3. The fourth-order valence-corrected chi connectivity index (χ4v) is 3.52. The van der Waals surface area contributed by atoms with Crippen molar-refractivity contribution in [3.63, 3.8) is 0 Å². The highest BCUT2D eigenvalue weighted by Crippen LogP contribution is 2.25. The molecule has 4 nitrogen and oxygen atoms in total. The van der Waals surface area contributed by atoms with Crippen molar-refractivity contribution in [1.29, 1.82) is 0 Å². The first-order chi connectivity index (χ1) is 13.5. The Morgan fingerprint density at radius 2 is 1.86 bits per heavy atom. The highest BCUT2D eigenvalue weighted by Gasteiger charge is 2.22. The Kier molecular flexibility index (Phi) is 6.62. The Morgan fingerprint density at radius 3 is 2.61 bits per heavy atom. The van der Waals surface area contributed by atoms with E-state index in [4.69, 9.17) is 0 Å². The molecule has 0 aromatic heterocycles. The van der Waals surface area contributed by atoms with Gasteiger partial charge in [0.2, 0.25) is 5.91 Å². The van der Waals surface area contributed by atoms with E-state index in [-0.39, 0.29) is 11.6 Å². The Labute approximate surface area is 165 Å². The van der Waals surface area contributed by atoms with Gasteiger partial charge in [-0.2, -0.15) is 0 Å². The predicted octanol–water partition coefficient (Wildman–Crippen LogP) is 4.41. The summed E-state index contributed by atoms with van der Waals surface area (Å²) >= 11 is 0. The molecule has 1 fully saturated rings. The summed E-state index contributed by atoms with van der Waals surface area (Å²) in [7, 11) is 1.86. The van der Waals surface area contributed by atoms with Crippen LogP contribution in [0.2, 0.25) is 0 Å². The third kappa shape index (κ3) is 4.87. The Balaban J connectivity index is 1.68. The topological polar surface area (TPSA) is 35.6 Å². The fourth-order valence-electron chi connectivity index (χ4n) is 3.52. The van der Waals surface area contributed by atoms with E-state index in [2.05, 4.69) is 22.3 Å². The summed E-state index contributed by atoms with van der Waals surface area (Å²) in [6.07, 6.45) is 3.66. The second-order valence-corrected chi connectivity index (χ2v) is 7.38. The second kappa shape index (κ2) is 9.15. The molecule has 1 atom stereocenters. The Bertz CT molecular complexity index is 821. The van der Waals surface area contributed by atoms with Crippen LogP contribution in [-0.4, -0.2) is 37.0 Å². The molecule has 2 aromatic carbocycles. The van der Waals surface area contributed by atoms with E-state index in [0.717, 1.165) is 36.9 Å². The largest absolute Gasteiger partial charge is 0.371 e. The molecule has 3 rings (SSSR count). The minimum absolute atomic E-state index is 0.140. The van der Waals surface area contributed by atoms with E-state index < -0.39 is 17.7 Å². The van der Waals surface area contributed by atoms with Crippen LogP contribution in [-0.2, 0) is 11.3 Å². The van der Waals surface area contributed by atoms with Crippen molar-refractivity contribution in [3.8, 4) is 0 Å². The lowest BCUT2D eigenvalue weighted by molar-refractivity contribution is -0.120. The number of amides is 1. The maximum Gasteiger partial charge on any atom is 0.241 e. The van der Waals surface area contributed by atoms with Gasteiger partial charge in [0.15, 0.2) is 0 Å². The number of likely N-dealkylation sites (N-methyl/N-ethyl adjacent to an activating group) is 1. The summed E-state index contributed by atoms with van der Waals surface area (Å²) < 4.78 is 27.1. The molecule has 1 aliphatic heterocycles. The number of rotatable bonds is 6. The average molecular weight is 387 g/mol. The third-order valence-electron chi connectivity index (χ3n) is 5.33. The van der Waals surface area contributed by atoms with Crippen LogP contribution in [0.5, 0.6) is 0 Å². The van der Waals surface area contributed by atoms with Gasteiger partial charge in [-0.3, -0.25) is 9.69 Å². The van der Waals surface area contributed by atoms with Gasteiger partial charge in [-0.1, -0.05) is 18.2 Å². The van der Waals surface area contributed by atoms with E-state index in [9.17, 15) is 13.6 Å². The van der Waals surface area contributed by atoms with Crippen LogP contribution >= 0.6 is 0 Å². The minimum atomic E-state index is -0.653. The lowest BCUT2D eigenvalue weighted by Crippen LogP contribution is -2.40. The molecule has 1 amide bonds. The van der Waals surface area contributed by atoms with Crippen molar-refractivity contribution >= 4 is 17.3 Å². The molecule has 150 valence electrons. The van der Waals surface area contributed by atoms with Crippen LogP contribution in [0.1, 0.15) is 31.7 Å². The van der Waals surface area contributed by atoms with Crippen molar-refractivity contribution in [2.24, 2.45) is 0 Å². The van der Waals surface area contributed by atoms with E-state index >= 15 is 0 Å². The van der Waals surface area contributed by atoms with Crippen molar-refractivity contribution in [3.05, 3.63) is 59.7 Å². The molecular weight excluding hydrogens is 360 g/mol. The predicted molar refractivity (Wildman–Crippen MR) is 108 cm³/mol. The van der Waals surface area contributed by atoms with E-state index in [0.29, 0.717) is 6.54 Å². The highest BCUT2D eigenvalue weighted by atomic mass is 19.1. The van der Waals surface area contributed by atoms with Crippen molar-refractivity contribution < 1.29 is 13.6 Å². The molecule has 2 aromatic rings. The molecule has 28 heavy (non-hydrogen) atoms. The quantitative estimate of drug-likeness (QED) is 0.797. The number of piperidine rings is 1. The first-order valence-electron chi connectivity index (χ1n) is 9.74. The van der Waals surface area contributed by atoms with Gasteiger partial charge in [0.05, 0.1) is 11.7 Å². The van der Waals surface area contributed by atoms with Crippen LogP contribution in [0, 0.1) is 11.6 Å². The van der Waals surface area contributed by atoms with Crippen molar-refractivity contribution in [2.75, 3.05) is 30.4 Å². The molecule has 1 saturated heterocycles. The molecule has 0 radical (unpaired) electrons. The third-order valence-corrected chi connectivity index (χ3v) is 5.33. The molecule has 0 aliphatic carbocycles. The summed E-state index contributed by atoms with van der Waals surface area (Å²) in [6, 6.07) is 10.8. The number of nitrogens with zero attached hydrogens (tertiary/aromatic N) is 2. The summed E-state index contributed by atoms with van der Waals surface area (Å²) in [4.78, 5) is 16.9. The lowest BCUT2D eigenvalue weighted by Gasteiger charge is -2.32. The molecule has 0 unspecified atom stereocenters. The molecule has 1 heterocycles. The normalized spacial score (nSPS) is 15.5. The SMILES string of the molecule is C[C@@H](C(=O)Nc1cc(F)ccc1F)N(C)Cc1ccccc1N1CCCCC1. The number of hydrogen-bond acceptors (Lipinski definition) is 3. The maximum absolute atomic E-state index is 13.8. The maximum atomic E-state index is 13.8. The summed E-state index contributed by atoms with van der Waals surface area (Å²) in [5, 5.41) is 2.49. The standard InChI is InChI=1S/C22H27F2N3O/c1-16(22(28)25-20-14-18(23)10-11-19(20)24)26(2)15-17-8-4-5-9-21(17)27-12-6-3-7-13-27/h4-5,8-11,14,16H,3,6-7,12-13,15H2,1-2H3,(H,25,28)/t16-/m0/s1. The molecule has 0 bridgehead atoms. The smallest absolute Gasteiger partial charge is 0.241 e. The van der Waals surface area contributed by atoms with Gasteiger partial charge >= 0.3 is 0 Å². The number of carbonyl (C=O) groups excluding carboxylic acids is 1. The molecule has 1 aliphatic rings. The van der Waals surface area contributed by atoms with E-state index in [1.165, 1.54) is 24.9 Å². The zero-order valence-corrected chi connectivity index (χ0v) is 16.4. The van der Waals surface area contributed by atoms with Crippen LogP contribution in [0.3, 0.4) is 0 Å². The van der Waals surface area contributed by atoms with E-state index in [1.807, 2.05) is 24.1 Å². The molecule has 6 heteroatoms. The summed E-state index contributed by atoms with van der Waals surface area (Å²) in [5.74, 6) is -1.62. The van der Waals surface area contributed by atoms with Gasteiger partial charge in [0, 0.05) is 31.4 Å². The lowest BCUT2D eigenvalue weighted by atomic mass is 10.1. The zero-order valence-electron chi connectivity index (χ0n) is 16.4. The number of hydrogen-bond donors (Lipinski definition) is 1. The summed E-state index contributed by atoms with van der Waals surface area (Å²) in [6.45, 7) is 4.45. The van der Waals surface area contributed by atoms with Crippen LogP contribution in [0.4, 0.5) is 20.2 Å². The number of para-hydroxylation sites is 1. The molecule has 1 N–H and O–H groups in total. The number of benzene rings is 2. The Hall–Kier alpha value is -2.47. The second-order valence-electron chi connectivity index (χ2n) is 7.38. The highest BCUT2D eigenvalue weighted by molar-refractivity contribution is 5.94. The van der Waals surface area contributed by atoms with Gasteiger partial charge in [-0.15, -0.1) is 0 Å². The fraction of sp³-hybridized carbons (Fsp3) is 0.409. The molecular formula is C22H27F2N3O. The monoisotopic (exact) mass is 387 g/mol. The number of anilines is 2. The minimum Gasteiger partial charge on any atom is -0.371 e. The van der Waals surface area contributed by atoms with Crippen LogP contribution in [0.25, 0.3) is 0 Å². The van der Waals surface area contributed by atoms with Crippen LogP contribution < -0.4 is 10.2 Å². The number of carbonyl (C=O) groups is 1. The summed E-state index contributed by atoms with van der Waals surface area (Å²) in [5.41, 5.74) is 2.22. The number of halogens is 2. The first-order valence-corrected chi connectivity index (χ1v) is 9.74. The Morgan fingerprint density at radius 1 is 1.14 bits per heavy atom. The van der Waals surface area contributed by atoms with Crippen molar-refractivity contribution in [1.82, 2.24) is 4.90 Å². The van der Waals surface area contributed by atoms with Crippen LogP contribution in [0.15, 0.2) is 42.5 Å². The zero-order chi connectivity index (χ0) is 20.1.